The Hall–Kier alpha value is 0.440. The molecule has 1 aliphatic rings. The van der Waals surface area contributed by atoms with Crippen LogP contribution in [0.3, 0.4) is 0 Å². The van der Waals surface area contributed by atoms with Gasteiger partial charge in [0.05, 0.1) is 5.60 Å². The molecule has 0 spiro atoms. The summed E-state index contributed by atoms with van der Waals surface area (Å²) in [6.45, 7) is 2.00. The van der Waals surface area contributed by atoms with Crippen LogP contribution in [0.1, 0.15) is 26.2 Å². The SMILES string of the molecule is CC(Br)C1(O)CCC1. The third-order valence-electron chi connectivity index (χ3n) is 1.96. The highest BCUT2D eigenvalue weighted by atomic mass is 79.9. The molecule has 1 saturated carbocycles. The number of aliphatic hydroxyl groups is 1. The lowest BCUT2D eigenvalue weighted by Crippen LogP contribution is -2.43. The van der Waals surface area contributed by atoms with Gasteiger partial charge in [-0.2, -0.15) is 0 Å². The Balaban J connectivity index is 2.41. The number of hydrogen-bond donors (Lipinski definition) is 1. The molecule has 0 aromatic carbocycles. The van der Waals surface area contributed by atoms with Crippen molar-refractivity contribution in [3.8, 4) is 0 Å². The summed E-state index contributed by atoms with van der Waals surface area (Å²) >= 11 is 3.36. The minimum absolute atomic E-state index is 0.267. The van der Waals surface area contributed by atoms with Crippen LogP contribution in [0.4, 0.5) is 0 Å². The van der Waals surface area contributed by atoms with Gasteiger partial charge >= 0.3 is 0 Å². The predicted octanol–water partition coefficient (Wildman–Crippen LogP) is 1.68. The summed E-state index contributed by atoms with van der Waals surface area (Å²) in [7, 11) is 0. The van der Waals surface area contributed by atoms with Crippen molar-refractivity contribution in [2.24, 2.45) is 0 Å². The zero-order valence-electron chi connectivity index (χ0n) is 5.02. The summed E-state index contributed by atoms with van der Waals surface area (Å²) in [5, 5.41) is 9.44. The molecular weight excluding hydrogens is 168 g/mol. The van der Waals surface area contributed by atoms with Crippen molar-refractivity contribution in [3.05, 3.63) is 0 Å². The Kier molecular flexibility index (Phi) is 1.63. The van der Waals surface area contributed by atoms with Crippen LogP contribution in [0.2, 0.25) is 0 Å². The number of rotatable bonds is 1. The molecule has 0 bridgehead atoms. The van der Waals surface area contributed by atoms with E-state index in [0.717, 1.165) is 12.8 Å². The molecule has 0 aliphatic heterocycles. The van der Waals surface area contributed by atoms with E-state index in [1.54, 1.807) is 0 Å². The van der Waals surface area contributed by atoms with Crippen LogP contribution in [0.15, 0.2) is 0 Å². The standard InChI is InChI=1S/C6H11BrO/c1-5(7)6(8)3-2-4-6/h5,8H,2-4H2,1H3. The fourth-order valence-electron chi connectivity index (χ4n) is 0.937. The first-order valence-corrected chi connectivity index (χ1v) is 3.93. The fourth-order valence-corrected chi connectivity index (χ4v) is 1.39. The van der Waals surface area contributed by atoms with Gasteiger partial charge in [0.15, 0.2) is 0 Å². The second kappa shape index (κ2) is 1.99. The van der Waals surface area contributed by atoms with Gasteiger partial charge in [0.25, 0.3) is 0 Å². The van der Waals surface area contributed by atoms with E-state index in [2.05, 4.69) is 15.9 Å². The molecule has 1 fully saturated rings. The van der Waals surface area contributed by atoms with Crippen LogP contribution in [0.5, 0.6) is 0 Å². The van der Waals surface area contributed by atoms with Gasteiger partial charge in [0, 0.05) is 4.83 Å². The molecule has 0 saturated heterocycles. The number of halogens is 1. The summed E-state index contributed by atoms with van der Waals surface area (Å²) in [5.74, 6) is 0. The molecule has 1 nitrogen and oxygen atoms in total. The van der Waals surface area contributed by atoms with Gasteiger partial charge in [-0.15, -0.1) is 0 Å². The summed E-state index contributed by atoms with van der Waals surface area (Å²) in [5.41, 5.74) is -0.361. The first kappa shape index (κ1) is 6.56. The largest absolute Gasteiger partial charge is 0.389 e. The molecule has 1 rings (SSSR count). The molecule has 1 atom stereocenters. The fraction of sp³-hybridized carbons (Fsp3) is 1.00. The number of alkyl halides is 1. The highest BCUT2D eigenvalue weighted by Crippen LogP contribution is 2.37. The van der Waals surface area contributed by atoms with Crippen molar-refractivity contribution in [1.29, 1.82) is 0 Å². The monoisotopic (exact) mass is 178 g/mol. The molecule has 1 aliphatic carbocycles. The van der Waals surface area contributed by atoms with Crippen LogP contribution >= 0.6 is 15.9 Å². The summed E-state index contributed by atoms with van der Waals surface area (Å²) in [6.07, 6.45) is 3.13. The van der Waals surface area contributed by atoms with Gasteiger partial charge in [-0.05, 0) is 26.2 Å². The van der Waals surface area contributed by atoms with Crippen LogP contribution < -0.4 is 0 Å². The molecule has 2 heteroatoms. The van der Waals surface area contributed by atoms with Crippen molar-refractivity contribution in [1.82, 2.24) is 0 Å². The van der Waals surface area contributed by atoms with Crippen molar-refractivity contribution >= 4 is 15.9 Å². The van der Waals surface area contributed by atoms with Gasteiger partial charge in [-0.1, -0.05) is 15.9 Å². The quantitative estimate of drug-likeness (QED) is 0.607. The molecule has 1 unspecified atom stereocenters. The Labute approximate surface area is 58.2 Å². The third kappa shape index (κ3) is 0.914. The van der Waals surface area contributed by atoms with E-state index in [1.807, 2.05) is 6.92 Å². The molecule has 0 radical (unpaired) electrons. The van der Waals surface area contributed by atoms with E-state index in [-0.39, 0.29) is 10.4 Å². The normalized spacial score (nSPS) is 28.9. The maximum absolute atomic E-state index is 9.44. The minimum Gasteiger partial charge on any atom is -0.389 e. The topological polar surface area (TPSA) is 20.2 Å². The van der Waals surface area contributed by atoms with Crippen LogP contribution in [-0.4, -0.2) is 15.5 Å². The van der Waals surface area contributed by atoms with Crippen LogP contribution in [0.25, 0.3) is 0 Å². The molecule has 0 aromatic rings. The molecular formula is C6H11BrO. The predicted molar refractivity (Wildman–Crippen MR) is 37.2 cm³/mol. The molecule has 48 valence electrons. The zero-order chi connectivity index (χ0) is 6.20. The summed E-state index contributed by atoms with van der Waals surface area (Å²) in [6, 6.07) is 0. The first-order valence-electron chi connectivity index (χ1n) is 3.01. The highest BCUT2D eigenvalue weighted by Gasteiger charge is 2.38. The molecule has 8 heavy (non-hydrogen) atoms. The second-order valence-corrected chi connectivity index (χ2v) is 3.95. The summed E-state index contributed by atoms with van der Waals surface area (Å²) < 4.78 is 0. The van der Waals surface area contributed by atoms with E-state index in [1.165, 1.54) is 6.42 Å². The summed E-state index contributed by atoms with van der Waals surface area (Å²) in [4.78, 5) is 0.267. The highest BCUT2D eigenvalue weighted by molar-refractivity contribution is 9.09. The Morgan fingerprint density at radius 2 is 2.12 bits per heavy atom. The van der Waals surface area contributed by atoms with E-state index in [0.29, 0.717) is 0 Å². The van der Waals surface area contributed by atoms with Crippen LogP contribution in [0, 0.1) is 0 Å². The van der Waals surface area contributed by atoms with Crippen molar-refractivity contribution in [2.75, 3.05) is 0 Å². The lowest BCUT2D eigenvalue weighted by Gasteiger charge is -2.39. The minimum atomic E-state index is -0.361. The molecule has 0 amide bonds. The van der Waals surface area contributed by atoms with Gasteiger partial charge in [-0.3, -0.25) is 0 Å². The van der Waals surface area contributed by atoms with E-state index >= 15 is 0 Å². The van der Waals surface area contributed by atoms with E-state index < -0.39 is 0 Å². The second-order valence-electron chi connectivity index (χ2n) is 2.57. The van der Waals surface area contributed by atoms with Crippen molar-refractivity contribution < 1.29 is 5.11 Å². The maximum Gasteiger partial charge on any atom is 0.0769 e. The lowest BCUT2D eigenvalue weighted by atomic mass is 9.78. The molecule has 0 aromatic heterocycles. The third-order valence-corrected chi connectivity index (χ3v) is 2.81. The number of hydrogen-bond acceptors (Lipinski definition) is 1. The van der Waals surface area contributed by atoms with Gasteiger partial charge < -0.3 is 5.11 Å². The van der Waals surface area contributed by atoms with Gasteiger partial charge in [0.2, 0.25) is 0 Å². The first-order chi connectivity index (χ1) is 3.65. The average molecular weight is 179 g/mol. The van der Waals surface area contributed by atoms with Crippen LogP contribution in [-0.2, 0) is 0 Å². The van der Waals surface area contributed by atoms with Gasteiger partial charge in [-0.25, -0.2) is 0 Å². The smallest absolute Gasteiger partial charge is 0.0769 e. The average Bonchev–Trinajstić information content (AvgIpc) is 1.60. The van der Waals surface area contributed by atoms with E-state index in [9.17, 15) is 5.11 Å². The maximum atomic E-state index is 9.44. The van der Waals surface area contributed by atoms with Crippen molar-refractivity contribution in [3.63, 3.8) is 0 Å². The lowest BCUT2D eigenvalue weighted by molar-refractivity contribution is -0.0290. The Morgan fingerprint density at radius 3 is 2.12 bits per heavy atom. The molecule has 0 heterocycles. The van der Waals surface area contributed by atoms with Crippen molar-refractivity contribution in [2.45, 2.75) is 36.6 Å². The van der Waals surface area contributed by atoms with Gasteiger partial charge in [0.1, 0.15) is 0 Å². The molecule has 1 N–H and O–H groups in total. The zero-order valence-corrected chi connectivity index (χ0v) is 6.61. The Bertz CT molecular complexity index is 86.5. The van der Waals surface area contributed by atoms with E-state index in [4.69, 9.17) is 0 Å². The Morgan fingerprint density at radius 1 is 1.62 bits per heavy atom.